The van der Waals surface area contributed by atoms with Gasteiger partial charge in [0.15, 0.2) is 0 Å². The number of hydrogen-bond acceptors (Lipinski definition) is 3. The van der Waals surface area contributed by atoms with Crippen molar-refractivity contribution in [2.24, 2.45) is 5.73 Å². The Morgan fingerprint density at radius 1 is 1.36 bits per heavy atom. The molecule has 0 spiro atoms. The van der Waals surface area contributed by atoms with Gasteiger partial charge in [-0.05, 0) is 23.8 Å². The van der Waals surface area contributed by atoms with Crippen molar-refractivity contribution < 1.29 is 5.11 Å². The van der Waals surface area contributed by atoms with E-state index < -0.39 is 6.10 Å². The molecule has 1 heterocycles. The highest BCUT2D eigenvalue weighted by atomic mass is 32.1. The van der Waals surface area contributed by atoms with Crippen LogP contribution in [0.2, 0.25) is 0 Å². The fraction of sp³-hybridized carbons (Fsp3) is 0.273. The molecule has 0 bridgehead atoms. The first-order valence-corrected chi connectivity index (χ1v) is 5.48. The van der Waals surface area contributed by atoms with Gasteiger partial charge in [0.1, 0.15) is 0 Å². The minimum atomic E-state index is -0.564. The lowest BCUT2D eigenvalue weighted by molar-refractivity contribution is 0.155. The largest absolute Gasteiger partial charge is 0.387 e. The number of fused-ring (bicyclic) bond motifs is 1. The minimum absolute atomic E-state index is 0.229. The van der Waals surface area contributed by atoms with E-state index >= 15 is 0 Å². The standard InChI is InChI=1S/C11H13NOS/c1-7(12)11(13)9-6-14-10-5-3-2-4-8(9)10/h2-7,11,13H,12H2,1H3. The van der Waals surface area contributed by atoms with E-state index in [0.29, 0.717) is 0 Å². The summed E-state index contributed by atoms with van der Waals surface area (Å²) in [6.45, 7) is 1.82. The van der Waals surface area contributed by atoms with Crippen molar-refractivity contribution in [3.05, 3.63) is 35.2 Å². The zero-order valence-corrected chi connectivity index (χ0v) is 8.79. The summed E-state index contributed by atoms with van der Waals surface area (Å²) in [5.41, 5.74) is 6.62. The van der Waals surface area contributed by atoms with Crippen LogP contribution in [0.15, 0.2) is 29.6 Å². The Balaban J connectivity index is 2.53. The molecular weight excluding hydrogens is 194 g/mol. The molecular formula is C11H13NOS. The first kappa shape index (κ1) is 9.65. The molecule has 1 aromatic heterocycles. The number of aliphatic hydroxyl groups is 1. The Morgan fingerprint density at radius 3 is 2.79 bits per heavy atom. The van der Waals surface area contributed by atoms with E-state index in [-0.39, 0.29) is 6.04 Å². The second-order valence-corrected chi connectivity index (χ2v) is 4.40. The first-order valence-electron chi connectivity index (χ1n) is 4.60. The van der Waals surface area contributed by atoms with Crippen molar-refractivity contribution in [3.8, 4) is 0 Å². The zero-order chi connectivity index (χ0) is 10.1. The molecule has 0 aliphatic carbocycles. The third-order valence-electron chi connectivity index (χ3n) is 2.33. The van der Waals surface area contributed by atoms with Crippen LogP contribution in [0.5, 0.6) is 0 Å². The molecule has 0 aliphatic rings. The number of nitrogens with two attached hydrogens (primary N) is 1. The molecule has 1 aromatic carbocycles. The maximum atomic E-state index is 9.87. The first-order chi connectivity index (χ1) is 6.70. The van der Waals surface area contributed by atoms with Crippen LogP contribution >= 0.6 is 11.3 Å². The molecule has 3 heteroatoms. The third kappa shape index (κ3) is 1.54. The maximum Gasteiger partial charge on any atom is 0.0952 e. The molecule has 3 N–H and O–H groups in total. The predicted molar refractivity (Wildman–Crippen MR) is 60.4 cm³/mol. The average Bonchev–Trinajstić information content (AvgIpc) is 2.60. The summed E-state index contributed by atoms with van der Waals surface area (Å²) in [5, 5.41) is 13.0. The van der Waals surface area contributed by atoms with Gasteiger partial charge in [-0.1, -0.05) is 18.2 Å². The molecule has 0 saturated heterocycles. The van der Waals surface area contributed by atoms with Crippen LogP contribution < -0.4 is 5.73 Å². The molecule has 2 unspecified atom stereocenters. The molecule has 14 heavy (non-hydrogen) atoms. The summed E-state index contributed by atoms with van der Waals surface area (Å²) in [4.78, 5) is 0. The summed E-state index contributed by atoms with van der Waals surface area (Å²) in [6, 6.07) is 7.82. The highest BCUT2D eigenvalue weighted by Gasteiger charge is 2.16. The smallest absolute Gasteiger partial charge is 0.0952 e. The van der Waals surface area contributed by atoms with Crippen LogP contribution in [-0.4, -0.2) is 11.1 Å². The van der Waals surface area contributed by atoms with E-state index in [2.05, 4.69) is 6.07 Å². The van der Waals surface area contributed by atoms with Gasteiger partial charge in [0.05, 0.1) is 6.10 Å². The number of hydrogen-bond donors (Lipinski definition) is 2. The fourth-order valence-corrected chi connectivity index (χ4v) is 2.50. The predicted octanol–water partition coefficient (Wildman–Crippen LogP) is 2.28. The monoisotopic (exact) mass is 207 g/mol. The Hall–Kier alpha value is -0.900. The minimum Gasteiger partial charge on any atom is -0.387 e. The van der Waals surface area contributed by atoms with Gasteiger partial charge in [-0.25, -0.2) is 0 Å². The molecule has 0 fully saturated rings. The summed E-state index contributed by atoms with van der Waals surface area (Å²) in [5.74, 6) is 0. The van der Waals surface area contributed by atoms with Crippen LogP contribution in [0, 0.1) is 0 Å². The number of aliphatic hydroxyl groups excluding tert-OH is 1. The molecule has 2 atom stereocenters. The van der Waals surface area contributed by atoms with E-state index in [9.17, 15) is 5.11 Å². The molecule has 2 nitrogen and oxygen atoms in total. The van der Waals surface area contributed by atoms with E-state index in [1.54, 1.807) is 11.3 Å². The lowest BCUT2D eigenvalue weighted by Gasteiger charge is -2.13. The van der Waals surface area contributed by atoms with E-state index in [4.69, 9.17) is 5.73 Å². The molecule has 2 aromatic rings. The van der Waals surface area contributed by atoms with Gasteiger partial charge in [0.25, 0.3) is 0 Å². The van der Waals surface area contributed by atoms with Crippen molar-refractivity contribution in [1.82, 2.24) is 0 Å². The zero-order valence-electron chi connectivity index (χ0n) is 7.97. The molecule has 0 radical (unpaired) electrons. The number of thiophene rings is 1. The van der Waals surface area contributed by atoms with Crippen LogP contribution in [0.4, 0.5) is 0 Å². The van der Waals surface area contributed by atoms with Crippen molar-refractivity contribution in [3.63, 3.8) is 0 Å². The SMILES string of the molecule is CC(N)C(O)c1csc2ccccc12. The highest BCUT2D eigenvalue weighted by Crippen LogP contribution is 2.30. The van der Waals surface area contributed by atoms with Gasteiger partial charge < -0.3 is 10.8 Å². The van der Waals surface area contributed by atoms with E-state index in [1.165, 1.54) is 4.70 Å². The molecule has 2 rings (SSSR count). The summed E-state index contributed by atoms with van der Waals surface area (Å²) in [6.07, 6.45) is -0.564. The fourth-order valence-electron chi connectivity index (χ4n) is 1.51. The van der Waals surface area contributed by atoms with Gasteiger partial charge >= 0.3 is 0 Å². The van der Waals surface area contributed by atoms with Crippen molar-refractivity contribution in [2.45, 2.75) is 19.1 Å². The maximum absolute atomic E-state index is 9.87. The molecule has 74 valence electrons. The number of benzene rings is 1. The summed E-state index contributed by atoms with van der Waals surface area (Å²) in [7, 11) is 0. The summed E-state index contributed by atoms with van der Waals surface area (Å²) >= 11 is 1.64. The van der Waals surface area contributed by atoms with E-state index in [0.717, 1.165) is 10.9 Å². The average molecular weight is 207 g/mol. The highest BCUT2D eigenvalue weighted by molar-refractivity contribution is 7.17. The van der Waals surface area contributed by atoms with Gasteiger partial charge in [0.2, 0.25) is 0 Å². The molecule has 0 aliphatic heterocycles. The second-order valence-electron chi connectivity index (χ2n) is 3.49. The topological polar surface area (TPSA) is 46.2 Å². The van der Waals surface area contributed by atoms with Crippen LogP contribution in [0.3, 0.4) is 0 Å². The van der Waals surface area contributed by atoms with Crippen molar-refractivity contribution >= 4 is 21.4 Å². The summed E-state index contributed by atoms with van der Waals surface area (Å²) < 4.78 is 1.20. The Bertz CT molecular complexity index is 436. The quantitative estimate of drug-likeness (QED) is 0.793. The Morgan fingerprint density at radius 2 is 2.07 bits per heavy atom. The van der Waals surface area contributed by atoms with Crippen LogP contribution in [0.25, 0.3) is 10.1 Å². The molecule has 0 saturated carbocycles. The lowest BCUT2D eigenvalue weighted by Crippen LogP contribution is -2.24. The van der Waals surface area contributed by atoms with Crippen LogP contribution in [0.1, 0.15) is 18.6 Å². The second kappa shape index (κ2) is 3.69. The van der Waals surface area contributed by atoms with E-state index in [1.807, 2.05) is 30.5 Å². The van der Waals surface area contributed by atoms with Gasteiger partial charge in [-0.2, -0.15) is 0 Å². The normalized spacial score (nSPS) is 15.6. The molecule has 0 amide bonds. The van der Waals surface area contributed by atoms with Crippen molar-refractivity contribution in [1.29, 1.82) is 0 Å². The number of rotatable bonds is 2. The van der Waals surface area contributed by atoms with Gasteiger partial charge in [0, 0.05) is 16.3 Å². The van der Waals surface area contributed by atoms with Crippen molar-refractivity contribution in [2.75, 3.05) is 0 Å². The lowest BCUT2D eigenvalue weighted by atomic mass is 10.0. The Kier molecular flexibility index (Phi) is 2.54. The van der Waals surface area contributed by atoms with Gasteiger partial charge in [-0.15, -0.1) is 11.3 Å². The third-order valence-corrected chi connectivity index (χ3v) is 3.31. The van der Waals surface area contributed by atoms with Crippen LogP contribution in [-0.2, 0) is 0 Å². The van der Waals surface area contributed by atoms with Gasteiger partial charge in [-0.3, -0.25) is 0 Å². The Labute approximate surface area is 87.0 Å².